The van der Waals surface area contributed by atoms with Gasteiger partial charge in [0.15, 0.2) is 0 Å². The van der Waals surface area contributed by atoms with Crippen molar-refractivity contribution in [2.24, 2.45) is 5.16 Å². The van der Waals surface area contributed by atoms with E-state index in [4.69, 9.17) is 19.4 Å². The van der Waals surface area contributed by atoms with E-state index in [1.807, 2.05) is 6.07 Å². The zero-order valence-corrected chi connectivity index (χ0v) is 17.3. The lowest BCUT2D eigenvalue weighted by Crippen LogP contribution is -2.33. The molecule has 0 saturated heterocycles. The standard InChI is InChI=1S/C22H35NO5/c1-3-5-6-7-8-9-10-11-15-18-20(23-25)28-21(24)22(26-4-2)27-19-16-13-12-14-17-19/h12-14,16-17,22,25H,3-11,15,18H2,1-2H3. The summed E-state index contributed by atoms with van der Waals surface area (Å²) < 4.78 is 16.0. The molecule has 0 aliphatic carbocycles. The third-order valence-corrected chi connectivity index (χ3v) is 4.32. The number of esters is 1. The van der Waals surface area contributed by atoms with Crippen molar-refractivity contribution < 1.29 is 24.2 Å². The van der Waals surface area contributed by atoms with Crippen molar-refractivity contribution in [2.45, 2.75) is 84.3 Å². The van der Waals surface area contributed by atoms with Crippen molar-refractivity contribution in [1.29, 1.82) is 0 Å². The van der Waals surface area contributed by atoms with Crippen LogP contribution in [-0.2, 0) is 14.3 Å². The largest absolute Gasteiger partial charge is 0.454 e. The Labute approximate surface area is 168 Å². The number of rotatable bonds is 15. The summed E-state index contributed by atoms with van der Waals surface area (Å²) >= 11 is 0. The van der Waals surface area contributed by atoms with Crippen LogP contribution in [0.3, 0.4) is 0 Å². The van der Waals surface area contributed by atoms with Crippen molar-refractivity contribution in [3.63, 3.8) is 0 Å². The summed E-state index contributed by atoms with van der Waals surface area (Å²) in [7, 11) is 0. The van der Waals surface area contributed by atoms with Crippen LogP contribution >= 0.6 is 0 Å². The average Bonchev–Trinajstić information content (AvgIpc) is 2.72. The monoisotopic (exact) mass is 393 g/mol. The van der Waals surface area contributed by atoms with Crippen molar-refractivity contribution >= 4 is 11.9 Å². The van der Waals surface area contributed by atoms with Crippen molar-refractivity contribution in [3.8, 4) is 5.75 Å². The van der Waals surface area contributed by atoms with Gasteiger partial charge in [-0.25, -0.2) is 4.79 Å². The highest BCUT2D eigenvalue weighted by atomic mass is 16.7. The quantitative estimate of drug-likeness (QED) is 0.0789. The van der Waals surface area contributed by atoms with E-state index >= 15 is 0 Å². The highest BCUT2D eigenvalue weighted by Gasteiger charge is 2.24. The fourth-order valence-electron chi connectivity index (χ4n) is 2.80. The molecule has 0 heterocycles. The predicted molar refractivity (Wildman–Crippen MR) is 110 cm³/mol. The van der Waals surface area contributed by atoms with Gasteiger partial charge in [-0.05, 0) is 25.5 Å². The zero-order valence-electron chi connectivity index (χ0n) is 17.3. The van der Waals surface area contributed by atoms with Crippen molar-refractivity contribution in [3.05, 3.63) is 30.3 Å². The molecule has 1 unspecified atom stereocenters. The maximum atomic E-state index is 12.3. The molecular weight excluding hydrogens is 358 g/mol. The Morgan fingerprint density at radius 3 is 2.14 bits per heavy atom. The Hall–Kier alpha value is -2.08. The molecule has 1 rings (SSSR count). The summed E-state index contributed by atoms with van der Waals surface area (Å²) in [4.78, 5) is 12.3. The Morgan fingerprint density at radius 2 is 1.57 bits per heavy atom. The first-order valence-electron chi connectivity index (χ1n) is 10.5. The van der Waals surface area contributed by atoms with Crippen LogP contribution in [0.15, 0.2) is 35.5 Å². The summed E-state index contributed by atoms with van der Waals surface area (Å²) in [6.07, 6.45) is 9.85. The molecule has 0 bridgehead atoms. The van der Waals surface area contributed by atoms with Gasteiger partial charge in [0.1, 0.15) is 5.75 Å². The number of oxime groups is 1. The number of benzene rings is 1. The van der Waals surface area contributed by atoms with Gasteiger partial charge >= 0.3 is 5.97 Å². The molecule has 0 spiro atoms. The molecule has 28 heavy (non-hydrogen) atoms. The van der Waals surface area contributed by atoms with Gasteiger partial charge in [0, 0.05) is 13.0 Å². The molecule has 1 aromatic rings. The van der Waals surface area contributed by atoms with Crippen LogP contribution < -0.4 is 4.74 Å². The average molecular weight is 394 g/mol. The molecule has 158 valence electrons. The Bertz CT molecular complexity index is 547. The van der Waals surface area contributed by atoms with Crippen LogP contribution in [-0.4, -0.2) is 30.0 Å². The van der Waals surface area contributed by atoms with E-state index in [0.717, 1.165) is 19.3 Å². The van der Waals surface area contributed by atoms with Gasteiger partial charge in [-0.1, -0.05) is 81.6 Å². The molecule has 0 radical (unpaired) electrons. The molecule has 6 nitrogen and oxygen atoms in total. The second-order valence-electron chi connectivity index (χ2n) is 6.71. The van der Waals surface area contributed by atoms with Crippen LogP contribution in [0.1, 0.15) is 78.1 Å². The Kier molecular flexibility index (Phi) is 13.6. The molecule has 0 aromatic heterocycles. The number of ether oxygens (including phenoxy) is 3. The van der Waals surface area contributed by atoms with E-state index in [1.165, 1.54) is 38.5 Å². The molecule has 0 aliphatic heterocycles. The fraction of sp³-hybridized carbons (Fsp3) is 0.636. The predicted octanol–water partition coefficient (Wildman–Crippen LogP) is 5.68. The highest BCUT2D eigenvalue weighted by molar-refractivity contribution is 5.90. The van der Waals surface area contributed by atoms with E-state index in [-0.39, 0.29) is 12.5 Å². The van der Waals surface area contributed by atoms with E-state index in [0.29, 0.717) is 12.2 Å². The normalized spacial score (nSPS) is 12.6. The van der Waals surface area contributed by atoms with Gasteiger partial charge in [0.25, 0.3) is 6.29 Å². The molecule has 0 saturated carbocycles. The number of carbonyl (C=O) groups excluding carboxylic acids is 1. The Balaban J connectivity index is 2.30. The van der Waals surface area contributed by atoms with Crippen LogP contribution in [0.25, 0.3) is 0 Å². The van der Waals surface area contributed by atoms with Gasteiger partial charge in [-0.2, -0.15) is 0 Å². The third-order valence-electron chi connectivity index (χ3n) is 4.32. The van der Waals surface area contributed by atoms with E-state index in [9.17, 15) is 4.79 Å². The van der Waals surface area contributed by atoms with E-state index < -0.39 is 12.3 Å². The maximum Gasteiger partial charge on any atom is 0.382 e. The molecule has 1 atom stereocenters. The van der Waals surface area contributed by atoms with Gasteiger partial charge in [-0.3, -0.25) is 0 Å². The topological polar surface area (TPSA) is 77.4 Å². The number of unbranched alkanes of at least 4 members (excludes halogenated alkanes) is 8. The second kappa shape index (κ2) is 15.9. The summed E-state index contributed by atoms with van der Waals surface area (Å²) in [6.45, 7) is 4.27. The van der Waals surface area contributed by atoms with Gasteiger partial charge in [-0.15, -0.1) is 0 Å². The number of hydrogen-bond acceptors (Lipinski definition) is 6. The maximum absolute atomic E-state index is 12.3. The number of hydrogen-bond donors (Lipinski definition) is 1. The first kappa shape index (κ1) is 24.0. The van der Waals surface area contributed by atoms with Crippen LogP contribution in [0, 0.1) is 0 Å². The summed E-state index contributed by atoms with van der Waals surface area (Å²) in [6, 6.07) is 8.90. The third kappa shape index (κ3) is 10.9. The summed E-state index contributed by atoms with van der Waals surface area (Å²) in [5.74, 6) is -0.233. The van der Waals surface area contributed by atoms with Crippen LogP contribution in [0.2, 0.25) is 0 Å². The lowest BCUT2D eigenvalue weighted by molar-refractivity contribution is -0.168. The molecule has 0 fully saturated rings. The number of nitrogens with zero attached hydrogens (tertiary/aromatic N) is 1. The second-order valence-corrected chi connectivity index (χ2v) is 6.71. The molecule has 1 N–H and O–H groups in total. The van der Waals surface area contributed by atoms with Gasteiger partial charge in [0.05, 0.1) is 0 Å². The van der Waals surface area contributed by atoms with E-state index in [1.54, 1.807) is 31.2 Å². The van der Waals surface area contributed by atoms with Crippen LogP contribution in [0.5, 0.6) is 5.75 Å². The molecule has 0 amide bonds. The van der Waals surface area contributed by atoms with E-state index in [2.05, 4.69) is 12.1 Å². The smallest absolute Gasteiger partial charge is 0.382 e. The lowest BCUT2D eigenvalue weighted by atomic mass is 10.1. The fourth-order valence-corrected chi connectivity index (χ4v) is 2.80. The molecular formula is C22H35NO5. The molecule has 1 aromatic carbocycles. The highest BCUT2D eigenvalue weighted by Crippen LogP contribution is 2.14. The molecule has 6 heteroatoms. The number of para-hydroxylation sites is 1. The van der Waals surface area contributed by atoms with Gasteiger partial charge in [0.2, 0.25) is 5.90 Å². The first-order chi connectivity index (χ1) is 13.7. The first-order valence-corrected chi connectivity index (χ1v) is 10.5. The summed E-state index contributed by atoms with van der Waals surface area (Å²) in [5.41, 5.74) is 0. The SMILES string of the molecule is CCCCCCCCCCCC(=NO)OC(=O)C(OCC)Oc1ccccc1. The van der Waals surface area contributed by atoms with Crippen molar-refractivity contribution in [2.75, 3.05) is 6.61 Å². The van der Waals surface area contributed by atoms with Gasteiger partial charge < -0.3 is 19.4 Å². The minimum absolute atomic E-state index is 0.00527. The minimum atomic E-state index is -1.20. The molecule has 0 aliphatic rings. The van der Waals surface area contributed by atoms with Crippen LogP contribution in [0.4, 0.5) is 0 Å². The zero-order chi connectivity index (χ0) is 20.5. The number of carbonyl (C=O) groups is 1. The Morgan fingerprint density at radius 1 is 0.964 bits per heavy atom. The summed E-state index contributed by atoms with van der Waals surface area (Å²) in [5, 5.41) is 12.2. The minimum Gasteiger partial charge on any atom is -0.454 e. The van der Waals surface area contributed by atoms with Crippen molar-refractivity contribution in [1.82, 2.24) is 0 Å². The lowest BCUT2D eigenvalue weighted by Gasteiger charge is -2.17.